The Morgan fingerprint density at radius 2 is 2.13 bits per heavy atom. The van der Waals surface area contributed by atoms with Gasteiger partial charge in [-0.05, 0) is 13.0 Å². The predicted octanol–water partition coefficient (Wildman–Crippen LogP) is 1.15. The van der Waals surface area contributed by atoms with Crippen LogP contribution in [0.1, 0.15) is 6.92 Å². The van der Waals surface area contributed by atoms with Crippen LogP contribution in [0.2, 0.25) is 0 Å². The largest absolute Gasteiger partial charge is 0.488 e. The van der Waals surface area contributed by atoms with Crippen molar-refractivity contribution in [3.63, 3.8) is 0 Å². The molecule has 0 aliphatic carbocycles. The van der Waals surface area contributed by atoms with E-state index >= 15 is 0 Å². The van der Waals surface area contributed by atoms with Crippen LogP contribution in [0, 0.1) is 15.9 Å². The highest BCUT2D eigenvalue weighted by molar-refractivity contribution is 7.89. The molecule has 8 nitrogen and oxygen atoms in total. The Bertz CT molecular complexity index is 700. The van der Waals surface area contributed by atoms with Gasteiger partial charge in [-0.3, -0.25) is 10.1 Å². The maximum Gasteiger partial charge on any atom is 0.315 e. The summed E-state index contributed by atoms with van der Waals surface area (Å²) in [5, 5.41) is 14.1. The molecule has 1 aromatic rings. The Hall–Kier alpha value is -1.49. The molecule has 1 aromatic carbocycles. The Morgan fingerprint density at radius 3 is 2.65 bits per heavy atom. The third-order valence-corrected chi connectivity index (χ3v) is 5.21. The number of nitrogens with one attached hydrogen (secondary N) is 1. The number of piperazine rings is 1. The highest BCUT2D eigenvalue weighted by atomic mass is 35.5. The fraction of sp³-hybridized carbons (Fsp3) is 0.500. The summed E-state index contributed by atoms with van der Waals surface area (Å²) in [6.07, 6.45) is 0. The SMILES string of the molecule is COc1c(F)cc(S(=O)(=O)N2CCNC(C)C2)cc1[N+](=O)[O-].Cl. The summed E-state index contributed by atoms with van der Waals surface area (Å²) in [6, 6.07) is 1.51. The fourth-order valence-electron chi connectivity index (χ4n) is 2.31. The minimum Gasteiger partial charge on any atom is -0.488 e. The van der Waals surface area contributed by atoms with Gasteiger partial charge in [-0.15, -0.1) is 12.4 Å². The van der Waals surface area contributed by atoms with Gasteiger partial charge in [-0.1, -0.05) is 0 Å². The van der Waals surface area contributed by atoms with Crippen LogP contribution in [0.4, 0.5) is 10.1 Å². The molecular formula is C12H17ClFN3O5S. The first-order chi connectivity index (χ1) is 10.3. The Labute approximate surface area is 139 Å². The molecule has 0 amide bonds. The van der Waals surface area contributed by atoms with Crippen LogP contribution in [-0.2, 0) is 10.0 Å². The molecule has 0 bridgehead atoms. The lowest BCUT2D eigenvalue weighted by molar-refractivity contribution is -0.386. The lowest BCUT2D eigenvalue weighted by Crippen LogP contribution is -2.51. The number of hydrogen-bond acceptors (Lipinski definition) is 6. The van der Waals surface area contributed by atoms with Crippen molar-refractivity contribution in [1.82, 2.24) is 9.62 Å². The van der Waals surface area contributed by atoms with E-state index in [0.29, 0.717) is 6.54 Å². The highest BCUT2D eigenvalue weighted by Gasteiger charge is 2.32. The fourth-order valence-corrected chi connectivity index (χ4v) is 3.87. The van der Waals surface area contributed by atoms with Crippen molar-refractivity contribution >= 4 is 28.1 Å². The van der Waals surface area contributed by atoms with Crippen LogP contribution in [0.5, 0.6) is 5.75 Å². The van der Waals surface area contributed by atoms with Crippen molar-refractivity contribution in [2.75, 3.05) is 26.7 Å². The summed E-state index contributed by atoms with van der Waals surface area (Å²) >= 11 is 0. The van der Waals surface area contributed by atoms with E-state index in [1.54, 1.807) is 0 Å². The lowest BCUT2D eigenvalue weighted by atomic mass is 10.3. The van der Waals surface area contributed by atoms with Gasteiger partial charge in [0, 0.05) is 31.7 Å². The minimum absolute atomic E-state index is 0. The van der Waals surface area contributed by atoms with Crippen molar-refractivity contribution in [2.45, 2.75) is 17.9 Å². The molecule has 2 rings (SSSR count). The second-order valence-electron chi connectivity index (χ2n) is 4.93. The van der Waals surface area contributed by atoms with E-state index in [4.69, 9.17) is 0 Å². The molecule has 1 heterocycles. The van der Waals surface area contributed by atoms with Crippen molar-refractivity contribution in [3.8, 4) is 5.75 Å². The number of sulfonamides is 1. The monoisotopic (exact) mass is 369 g/mol. The Morgan fingerprint density at radius 1 is 1.48 bits per heavy atom. The van der Waals surface area contributed by atoms with Gasteiger partial charge < -0.3 is 10.1 Å². The molecule has 1 aliphatic heterocycles. The van der Waals surface area contributed by atoms with Crippen LogP contribution in [-0.4, -0.2) is 50.4 Å². The van der Waals surface area contributed by atoms with Crippen LogP contribution >= 0.6 is 12.4 Å². The van der Waals surface area contributed by atoms with Gasteiger partial charge in [0.25, 0.3) is 0 Å². The van der Waals surface area contributed by atoms with Crippen LogP contribution in [0.25, 0.3) is 0 Å². The van der Waals surface area contributed by atoms with Gasteiger partial charge in [-0.2, -0.15) is 4.31 Å². The third-order valence-electron chi connectivity index (χ3n) is 3.37. The zero-order valence-corrected chi connectivity index (χ0v) is 14.1. The summed E-state index contributed by atoms with van der Waals surface area (Å²) in [5.74, 6) is -1.67. The first kappa shape index (κ1) is 19.6. The van der Waals surface area contributed by atoms with E-state index in [1.807, 2.05) is 6.92 Å². The topological polar surface area (TPSA) is 102 Å². The van der Waals surface area contributed by atoms with E-state index in [9.17, 15) is 22.9 Å². The van der Waals surface area contributed by atoms with Crippen molar-refractivity contribution in [1.29, 1.82) is 0 Å². The molecule has 130 valence electrons. The van der Waals surface area contributed by atoms with Gasteiger partial charge >= 0.3 is 5.69 Å². The molecular weight excluding hydrogens is 353 g/mol. The zero-order valence-electron chi connectivity index (χ0n) is 12.5. The number of rotatable bonds is 4. The molecule has 0 aromatic heterocycles. The number of nitro groups is 1. The van der Waals surface area contributed by atoms with Crippen molar-refractivity contribution < 1.29 is 22.5 Å². The average molecular weight is 370 g/mol. The molecule has 0 saturated carbocycles. The number of ether oxygens (including phenoxy) is 1. The second-order valence-corrected chi connectivity index (χ2v) is 6.87. The number of nitro benzene ring substituents is 1. The molecule has 1 atom stereocenters. The lowest BCUT2D eigenvalue weighted by Gasteiger charge is -2.30. The predicted molar refractivity (Wildman–Crippen MR) is 83.1 cm³/mol. The van der Waals surface area contributed by atoms with E-state index in [2.05, 4.69) is 10.1 Å². The number of nitrogens with zero attached hydrogens (tertiary/aromatic N) is 2. The molecule has 1 N–H and O–H groups in total. The summed E-state index contributed by atoms with van der Waals surface area (Å²) in [4.78, 5) is 9.65. The van der Waals surface area contributed by atoms with Gasteiger partial charge in [0.2, 0.25) is 15.8 Å². The number of benzene rings is 1. The Kier molecular flexibility index (Phi) is 6.28. The number of halogens is 2. The summed E-state index contributed by atoms with van der Waals surface area (Å²) in [6.45, 7) is 2.71. The smallest absolute Gasteiger partial charge is 0.315 e. The molecule has 0 radical (unpaired) electrons. The van der Waals surface area contributed by atoms with Gasteiger partial charge in [-0.25, -0.2) is 12.8 Å². The van der Waals surface area contributed by atoms with Gasteiger partial charge in [0.05, 0.1) is 16.9 Å². The summed E-state index contributed by atoms with van der Waals surface area (Å²) in [7, 11) is -2.92. The highest BCUT2D eigenvalue weighted by Crippen LogP contribution is 2.33. The first-order valence-corrected chi connectivity index (χ1v) is 7.97. The minimum atomic E-state index is -4.01. The van der Waals surface area contributed by atoms with Gasteiger partial charge in [0.15, 0.2) is 5.82 Å². The Balaban J connectivity index is 0.00000264. The third kappa shape index (κ3) is 3.89. The van der Waals surface area contributed by atoms with Gasteiger partial charge in [0.1, 0.15) is 0 Å². The van der Waals surface area contributed by atoms with E-state index in [0.717, 1.165) is 19.2 Å². The average Bonchev–Trinajstić information content (AvgIpc) is 2.46. The summed E-state index contributed by atoms with van der Waals surface area (Å²) < 4.78 is 44.8. The number of methoxy groups -OCH3 is 1. The van der Waals surface area contributed by atoms with Crippen LogP contribution in [0.15, 0.2) is 17.0 Å². The van der Waals surface area contributed by atoms with Crippen molar-refractivity contribution in [2.24, 2.45) is 0 Å². The molecule has 11 heteroatoms. The first-order valence-electron chi connectivity index (χ1n) is 6.53. The van der Waals surface area contributed by atoms with E-state index in [-0.39, 0.29) is 31.5 Å². The van der Waals surface area contributed by atoms with E-state index in [1.165, 1.54) is 4.31 Å². The molecule has 23 heavy (non-hydrogen) atoms. The van der Waals surface area contributed by atoms with Crippen LogP contribution in [0.3, 0.4) is 0 Å². The summed E-state index contributed by atoms with van der Waals surface area (Å²) in [5.41, 5.74) is -0.718. The standard InChI is InChI=1S/C12H16FN3O5S.ClH/c1-8-7-15(4-3-14-8)22(19,20)9-5-10(13)12(21-2)11(6-9)16(17)18;/h5-6,8,14H,3-4,7H2,1-2H3;1H. The molecule has 1 aliphatic rings. The molecule has 0 spiro atoms. The molecule has 1 saturated heterocycles. The maximum absolute atomic E-state index is 13.9. The normalized spacial score (nSPS) is 19.0. The quantitative estimate of drug-likeness (QED) is 0.631. The van der Waals surface area contributed by atoms with E-state index < -0.39 is 37.1 Å². The molecule has 1 unspecified atom stereocenters. The zero-order chi connectivity index (χ0) is 16.5. The number of hydrogen-bond donors (Lipinski definition) is 1. The van der Waals surface area contributed by atoms with Crippen LogP contribution < -0.4 is 10.1 Å². The molecule has 1 fully saturated rings. The maximum atomic E-state index is 13.9. The van der Waals surface area contributed by atoms with Crippen molar-refractivity contribution in [3.05, 3.63) is 28.1 Å². The second kappa shape index (κ2) is 7.39.